The molecule has 3 aromatic rings. The standard InChI is InChI=1S/C18H19FN4O4S3/c1-22-8-10-23(11-9-22)30(26,27)15-6-7-16-17(12-15)28-18(20-16)21-29(24,25)14-4-2-13(19)3-5-14/h2-7,12H,8-11H2,1H3,(H,20,21). The van der Waals surface area contributed by atoms with E-state index in [9.17, 15) is 21.2 Å². The van der Waals surface area contributed by atoms with Crippen molar-refractivity contribution in [2.24, 2.45) is 0 Å². The SMILES string of the molecule is CN1CCN(S(=O)(=O)c2ccc3nc(NS(=O)(=O)c4ccc(F)cc4)sc3c2)CC1. The first-order valence-corrected chi connectivity index (χ1v) is 12.8. The molecule has 1 fully saturated rings. The Balaban J connectivity index is 1.60. The lowest BCUT2D eigenvalue weighted by Gasteiger charge is -2.31. The largest absolute Gasteiger partial charge is 0.304 e. The lowest BCUT2D eigenvalue weighted by Crippen LogP contribution is -2.46. The van der Waals surface area contributed by atoms with Crippen molar-refractivity contribution >= 4 is 46.7 Å². The van der Waals surface area contributed by atoms with Gasteiger partial charge in [0.05, 0.1) is 20.0 Å². The third kappa shape index (κ3) is 4.18. The number of halogens is 1. The highest BCUT2D eigenvalue weighted by Crippen LogP contribution is 2.30. The summed E-state index contributed by atoms with van der Waals surface area (Å²) in [6.45, 7) is 2.17. The number of anilines is 1. The first-order valence-electron chi connectivity index (χ1n) is 9.03. The number of aromatic nitrogens is 1. The Hall–Kier alpha value is -2.12. The van der Waals surface area contributed by atoms with E-state index in [2.05, 4.69) is 14.6 Å². The first kappa shape index (κ1) is 21.1. The van der Waals surface area contributed by atoms with Gasteiger partial charge in [0, 0.05) is 26.2 Å². The number of nitrogens with zero attached hydrogens (tertiary/aromatic N) is 3. The van der Waals surface area contributed by atoms with Crippen LogP contribution >= 0.6 is 11.3 Å². The van der Waals surface area contributed by atoms with Crippen LogP contribution in [-0.2, 0) is 20.0 Å². The van der Waals surface area contributed by atoms with Gasteiger partial charge in [-0.1, -0.05) is 11.3 Å². The van der Waals surface area contributed by atoms with Crippen LogP contribution in [0.15, 0.2) is 52.3 Å². The smallest absolute Gasteiger partial charge is 0.263 e. The molecule has 0 radical (unpaired) electrons. The van der Waals surface area contributed by atoms with Crippen LogP contribution in [-0.4, -0.2) is 64.3 Å². The van der Waals surface area contributed by atoms with Crippen molar-refractivity contribution in [1.82, 2.24) is 14.2 Å². The molecule has 8 nitrogen and oxygen atoms in total. The second-order valence-corrected chi connectivity index (χ2v) is 11.6. The van der Waals surface area contributed by atoms with E-state index in [0.29, 0.717) is 36.4 Å². The van der Waals surface area contributed by atoms with E-state index in [4.69, 9.17) is 0 Å². The van der Waals surface area contributed by atoms with Crippen LogP contribution in [0.1, 0.15) is 0 Å². The third-order valence-corrected chi connectivity index (χ3v) is 9.12. The predicted molar refractivity (Wildman–Crippen MR) is 113 cm³/mol. The summed E-state index contributed by atoms with van der Waals surface area (Å²) in [5.74, 6) is -0.539. The van der Waals surface area contributed by atoms with Gasteiger partial charge in [-0.05, 0) is 49.5 Å². The molecular formula is C18H19FN4O4S3. The van der Waals surface area contributed by atoms with Crippen LogP contribution in [0.25, 0.3) is 10.2 Å². The summed E-state index contributed by atoms with van der Waals surface area (Å²) < 4.78 is 68.2. The summed E-state index contributed by atoms with van der Waals surface area (Å²) in [5.41, 5.74) is 0.481. The summed E-state index contributed by atoms with van der Waals surface area (Å²) in [6.07, 6.45) is 0. The van der Waals surface area contributed by atoms with Gasteiger partial charge >= 0.3 is 0 Å². The van der Waals surface area contributed by atoms with Gasteiger partial charge in [-0.2, -0.15) is 4.31 Å². The molecule has 0 unspecified atom stereocenters. The highest BCUT2D eigenvalue weighted by atomic mass is 32.2. The number of thiazole rings is 1. The summed E-state index contributed by atoms with van der Waals surface area (Å²) in [7, 11) is -5.63. The molecule has 0 aliphatic carbocycles. The van der Waals surface area contributed by atoms with Gasteiger partial charge in [0.2, 0.25) is 10.0 Å². The van der Waals surface area contributed by atoms with Gasteiger partial charge in [-0.25, -0.2) is 26.2 Å². The van der Waals surface area contributed by atoms with E-state index >= 15 is 0 Å². The lowest BCUT2D eigenvalue weighted by atomic mass is 10.3. The Kier molecular flexibility index (Phi) is 5.53. The molecule has 160 valence electrons. The van der Waals surface area contributed by atoms with Crippen LogP contribution in [0.5, 0.6) is 0 Å². The van der Waals surface area contributed by atoms with Crippen LogP contribution < -0.4 is 4.72 Å². The minimum absolute atomic E-state index is 0.0958. The lowest BCUT2D eigenvalue weighted by molar-refractivity contribution is 0.222. The highest BCUT2D eigenvalue weighted by molar-refractivity contribution is 7.93. The number of hydrogen-bond acceptors (Lipinski definition) is 7. The van der Waals surface area contributed by atoms with Crippen LogP contribution in [0.3, 0.4) is 0 Å². The fourth-order valence-electron chi connectivity index (χ4n) is 3.07. The van der Waals surface area contributed by atoms with Gasteiger partial charge < -0.3 is 4.90 Å². The van der Waals surface area contributed by atoms with Gasteiger partial charge in [0.1, 0.15) is 5.82 Å². The number of likely N-dealkylation sites (N-methyl/N-ethyl adjacent to an activating group) is 1. The molecular weight excluding hydrogens is 451 g/mol. The maximum atomic E-state index is 13.0. The Morgan fingerprint density at radius 2 is 1.60 bits per heavy atom. The number of fused-ring (bicyclic) bond motifs is 1. The van der Waals surface area contributed by atoms with E-state index in [1.54, 1.807) is 6.07 Å². The number of rotatable bonds is 5. The Bertz CT molecular complexity index is 1280. The molecule has 2 heterocycles. The number of nitrogens with one attached hydrogen (secondary N) is 1. The molecule has 1 saturated heterocycles. The molecule has 0 amide bonds. The molecule has 0 saturated carbocycles. The fourth-order valence-corrected chi connectivity index (χ4v) is 6.74. The normalized spacial score (nSPS) is 16.7. The molecule has 12 heteroatoms. The van der Waals surface area contributed by atoms with Crippen LogP contribution in [0, 0.1) is 5.82 Å². The molecule has 0 bridgehead atoms. The summed E-state index contributed by atoms with van der Waals surface area (Å²) in [4.78, 5) is 6.35. The zero-order valence-corrected chi connectivity index (χ0v) is 18.4. The fraction of sp³-hybridized carbons (Fsp3) is 0.278. The van der Waals surface area contributed by atoms with Crippen molar-refractivity contribution in [2.45, 2.75) is 9.79 Å². The predicted octanol–water partition coefficient (Wildman–Crippen LogP) is 2.17. The van der Waals surface area contributed by atoms with Crippen molar-refractivity contribution in [2.75, 3.05) is 37.9 Å². The number of benzene rings is 2. The molecule has 1 aliphatic rings. The van der Waals surface area contributed by atoms with E-state index in [1.165, 1.54) is 16.4 Å². The topological polar surface area (TPSA) is 99.7 Å². The molecule has 2 aromatic carbocycles. The summed E-state index contributed by atoms with van der Waals surface area (Å²) in [6, 6.07) is 8.98. The van der Waals surface area contributed by atoms with E-state index in [1.807, 2.05) is 7.05 Å². The van der Waals surface area contributed by atoms with Gasteiger partial charge in [0.15, 0.2) is 5.13 Å². The highest BCUT2D eigenvalue weighted by Gasteiger charge is 2.28. The number of sulfonamides is 2. The molecule has 30 heavy (non-hydrogen) atoms. The molecule has 1 aliphatic heterocycles. The quantitative estimate of drug-likeness (QED) is 0.614. The van der Waals surface area contributed by atoms with Crippen molar-refractivity contribution < 1.29 is 21.2 Å². The third-order valence-electron chi connectivity index (χ3n) is 4.81. The Labute approximate surface area is 178 Å². The molecule has 0 atom stereocenters. The Morgan fingerprint density at radius 3 is 2.27 bits per heavy atom. The second-order valence-electron chi connectivity index (χ2n) is 6.92. The van der Waals surface area contributed by atoms with Crippen molar-refractivity contribution in [3.8, 4) is 0 Å². The van der Waals surface area contributed by atoms with E-state index < -0.39 is 25.9 Å². The van der Waals surface area contributed by atoms with E-state index in [-0.39, 0.29) is 14.9 Å². The monoisotopic (exact) mass is 470 g/mol. The van der Waals surface area contributed by atoms with Crippen LogP contribution in [0.2, 0.25) is 0 Å². The van der Waals surface area contributed by atoms with Crippen LogP contribution in [0.4, 0.5) is 9.52 Å². The zero-order valence-electron chi connectivity index (χ0n) is 15.9. The minimum Gasteiger partial charge on any atom is -0.304 e. The number of hydrogen-bond donors (Lipinski definition) is 1. The van der Waals surface area contributed by atoms with Crippen molar-refractivity contribution in [3.63, 3.8) is 0 Å². The van der Waals surface area contributed by atoms with Gasteiger partial charge in [-0.3, -0.25) is 4.72 Å². The van der Waals surface area contributed by atoms with Gasteiger partial charge in [-0.15, -0.1) is 0 Å². The average molecular weight is 471 g/mol. The minimum atomic E-state index is -3.94. The number of piperazine rings is 1. The molecule has 4 rings (SSSR count). The maximum Gasteiger partial charge on any atom is 0.263 e. The maximum absolute atomic E-state index is 13.0. The Morgan fingerprint density at radius 1 is 0.967 bits per heavy atom. The zero-order chi connectivity index (χ0) is 21.5. The van der Waals surface area contributed by atoms with Gasteiger partial charge in [0.25, 0.3) is 10.0 Å². The molecule has 0 spiro atoms. The first-order chi connectivity index (χ1) is 14.1. The summed E-state index contributed by atoms with van der Waals surface area (Å²) in [5, 5.41) is 0.100. The molecule has 1 aromatic heterocycles. The summed E-state index contributed by atoms with van der Waals surface area (Å²) >= 11 is 1.03. The molecule has 1 N–H and O–H groups in total. The average Bonchev–Trinajstić information content (AvgIpc) is 3.09. The van der Waals surface area contributed by atoms with Crippen molar-refractivity contribution in [3.05, 3.63) is 48.3 Å². The second kappa shape index (κ2) is 7.85. The van der Waals surface area contributed by atoms with E-state index in [0.717, 1.165) is 35.6 Å². The van der Waals surface area contributed by atoms with Crippen molar-refractivity contribution in [1.29, 1.82) is 0 Å².